The molecule has 1 heterocycles. The zero-order valence-electron chi connectivity index (χ0n) is 9.45. The summed E-state index contributed by atoms with van der Waals surface area (Å²) in [5.74, 6) is -0.842. The molecule has 0 saturated heterocycles. The monoisotopic (exact) mass is 234 g/mol. The highest BCUT2D eigenvalue weighted by atomic mass is 19.1. The van der Waals surface area contributed by atoms with Gasteiger partial charge in [-0.2, -0.15) is 0 Å². The van der Waals surface area contributed by atoms with Crippen molar-refractivity contribution in [3.8, 4) is 0 Å². The number of benzene rings is 1. The number of pyridine rings is 1. The van der Waals surface area contributed by atoms with Crippen LogP contribution in [0.4, 0.5) is 10.1 Å². The molecule has 0 bridgehead atoms. The SMILES string of the molecule is CNc1c(C(=O)OC)cnc2cc(F)ccc12. The normalized spacial score (nSPS) is 10.3. The minimum Gasteiger partial charge on any atom is -0.465 e. The smallest absolute Gasteiger partial charge is 0.341 e. The summed E-state index contributed by atoms with van der Waals surface area (Å²) in [5.41, 5.74) is 1.40. The Kier molecular flexibility index (Phi) is 2.91. The number of hydrogen-bond donors (Lipinski definition) is 1. The van der Waals surface area contributed by atoms with Crippen LogP contribution in [0.3, 0.4) is 0 Å². The fourth-order valence-corrected chi connectivity index (χ4v) is 1.70. The minimum atomic E-state index is -0.479. The van der Waals surface area contributed by atoms with E-state index in [9.17, 15) is 9.18 Å². The molecule has 2 rings (SSSR count). The van der Waals surface area contributed by atoms with E-state index in [4.69, 9.17) is 0 Å². The van der Waals surface area contributed by atoms with Crippen LogP contribution in [0.1, 0.15) is 10.4 Å². The molecule has 0 spiro atoms. The number of hydrogen-bond acceptors (Lipinski definition) is 4. The van der Waals surface area contributed by atoms with E-state index in [1.54, 1.807) is 13.1 Å². The average Bonchev–Trinajstić information content (AvgIpc) is 2.36. The number of nitrogens with zero attached hydrogens (tertiary/aromatic N) is 1. The second-order valence-corrected chi connectivity index (χ2v) is 3.45. The number of carbonyl (C=O) groups excluding carboxylic acids is 1. The summed E-state index contributed by atoms with van der Waals surface area (Å²) in [5, 5.41) is 3.59. The number of carbonyl (C=O) groups is 1. The molecular formula is C12H11FN2O2. The summed E-state index contributed by atoms with van der Waals surface area (Å²) < 4.78 is 17.7. The van der Waals surface area contributed by atoms with Gasteiger partial charge in [-0.15, -0.1) is 0 Å². The maximum Gasteiger partial charge on any atom is 0.341 e. The third kappa shape index (κ3) is 1.91. The Morgan fingerprint density at radius 3 is 2.88 bits per heavy atom. The van der Waals surface area contributed by atoms with Crippen LogP contribution in [-0.4, -0.2) is 25.1 Å². The predicted octanol–water partition coefficient (Wildman–Crippen LogP) is 2.20. The number of aromatic nitrogens is 1. The maximum atomic E-state index is 13.0. The Hall–Kier alpha value is -2.17. The topological polar surface area (TPSA) is 51.2 Å². The third-order valence-electron chi connectivity index (χ3n) is 2.49. The van der Waals surface area contributed by atoms with Crippen molar-refractivity contribution < 1.29 is 13.9 Å². The Bertz CT molecular complexity index is 584. The molecule has 0 aliphatic heterocycles. The van der Waals surface area contributed by atoms with Crippen molar-refractivity contribution in [1.82, 2.24) is 4.98 Å². The average molecular weight is 234 g/mol. The molecule has 5 heteroatoms. The van der Waals surface area contributed by atoms with Gasteiger partial charge in [0.15, 0.2) is 0 Å². The van der Waals surface area contributed by atoms with Crippen molar-refractivity contribution >= 4 is 22.6 Å². The molecular weight excluding hydrogens is 223 g/mol. The lowest BCUT2D eigenvalue weighted by molar-refractivity contribution is 0.0601. The number of methoxy groups -OCH3 is 1. The van der Waals surface area contributed by atoms with E-state index in [2.05, 4.69) is 15.0 Å². The van der Waals surface area contributed by atoms with Gasteiger partial charge in [0.2, 0.25) is 0 Å². The molecule has 0 amide bonds. The van der Waals surface area contributed by atoms with Crippen LogP contribution in [0.15, 0.2) is 24.4 Å². The first-order chi connectivity index (χ1) is 8.17. The third-order valence-corrected chi connectivity index (χ3v) is 2.49. The molecule has 0 fully saturated rings. The molecule has 0 radical (unpaired) electrons. The summed E-state index contributed by atoms with van der Waals surface area (Å²) in [6.45, 7) is 0. The fraction of sp³-hybridized carbons (Fsp3) is 0.167. The Morgan fingerprint density at radius 1 is 1.47 bits per heavy atom. The lowest BCUT2D eigenvalue weighted by atomic mass is 10.1. The van der Waals surface area contributed by atoms with Gasteiger partial charge in [0.1, 0.15) is 11.4 Å². The number of esters is 1. The minimum absolute atomic E-state index is 0.328. The first kappa shape index (κ1) is 11.3. The molecule has 0 aliphatic carbocycles. The van der Waals surface area contributed by atoms with Crippen molar-refractivity contribution in [2.24, 2.45) is 0 Å². The molecule has 1 N–H and O–H groups in total. The molecule has 2 aromatic rings. The lowest BCUT2D eigenvalue weighted by Crippen LogP contribution is -2.07. The summed E-state index contributed by atoms with van der Waals surface area (Å²) in [4.78, 5) is 15.6. The fourth-order valence-electron chi connectivity index (χ4n) is 1.70. The largest absolute Gasteiger partial charge is 0.465 e. The maximum absolute atomic E-state index is 13.0. The summed E-state index contributed by atoms with van der Waals surface area (Å²) in [7, 11) is 2.99. The number of ether oxygens (including phenoxy) is 1. The van der Waals surface area contributed by atoms with E-state index >= 15 is 0 Å². The number of halogens is 1. The van der Waals surface area contributed by atoms with Crippen LogP contribution in [0.2, 0.25) is 0 Å². The molecule has 17 heavy (non-hydrogen) atoms. The molecule has 1 aromatic heterocycles. The second-order valence-electron chi connectivity index (χ2n) is 3.45. The number of rotatable bonds is 2. The van der Waals surface area contributed by atoms with Crippen LogP contribution in [-0.2, 0) is 4.74 Å². The molecule has 0 saturated carbocycles. The molecule has 0 atom stereocenters. The lowest BCUT2D eigenvalue weighted by Gasteiger charge is -2.10. The van der Waals surface area contributed by atoms with Crippen LogP contribution in [0.5, 0.6) is 0 Å². The van der Waals surface area contributed by atoms with E-state index in [0.29, 0.717) is 22.2 Å². The highest BCUT2D eigenvalue weighted by Gasteiger charge is 2.14. The van der Waals surface area contributed by atoms with Gasteiger partial charge in [0.25, 0.3) is 0 Å². The highest BCUT2D eigenvalue weighted by Crippen LogP contribution is 2.26. The van der Waals surface area contributed by atoms with Crippen LogP contribution < -0.4 is 5.32 Å². The Balaban J connectivity index is 2.73. The van der Waals surface area contributed by atoms with E-state index in [-0.39, 0.29) is 5.82 Å². The standard InChI is InChI=1S/C12H11FN2O2/c1-14-11-8-4-3-7(13)5-10(8)15-6-9(11)12(16)17-2/h3-6H,1-2H3,(H,14,15). The first-order valence-corrected chi connectivity index (χ1v) is 5.01. The Labute approximate surface area is 97.4 Å². The van der Waals surface area contributed by atoms with Gasteiger partial charge in [-0.1, -0.05) is 0 Å². The van der Waals surface area contributed by atoms with Crippen LogP contribution in [0.25, 0.3) is 10.9 Å². The van der Waals surface area contributed by atoms with Crippen LogP contribution >= 0.6 is 0 Å². The molecule has 1 aromatic carbocycles. The molecule has 0 unspecified atom stereocenters. The van der Waals surface area contributed by atoms with E-state index in [1.165, 1.54) is 25.4 Å². The van der Waals surface area contributed by atoms with Crippen molar-refractivity contribution in [2.75, 3.05) is 19.5 Å². The van der Waals surface area contributed by atoms with Gasteiger partial charge in [0.05, 0.1) is 18.3 Å². The summed E-state index contributed by atoms with van der Waals surface area (Å²) in [6.07, 6.45) is 1.37. The summed E-state index contributed by atoms with van der Waals surface area (Å²) in [6, 6.07) is 4.22. The number of fused-ring (bicyclic) bond motifs is 1. The van der Waals surface area contributed by atoms with Crippen molar-refractivity contribution in [2.45, 2.75) is 0 Å². The predicted molar refractivity (Wildman–Crippen MR) is 62.6 cm³/mol. The molecule has 4 nitrogen and oxygen atoms in total. The van der Waals surface area contributed by atoms with Gasteiger partial charge in [-0.3, -0.25) is 4.98 Å². The first-order valence-electron chi connectivity index (χ1n) is 5.01. The van der Waals surface area contributed by atoms with E-state index in [0.717, 1.165) is 0 Å². The zero-order valence-corrected chi connectivity index (χ0v) is 9.45. The number of nitrogens with one attached hydrogen (secondary N) is 1. The van der Waals surface area contributed by atoms with Crippen molar-refractivity contribution in [3.63, 3.8) is 0 Å². The molecule has 88 valence electrons. The van der Waals surface area contributed by atoms with Gasteiger partial charge < -0.3 is 10.1 Å². The van der Waals surface area contributed by atoms with Gasteiger partial charge in [-0.25, -0.2) is 9.18 Å². The van der Waals surface area contributed by atoms with Gasteiger partial charge in [0, 0.05) is 24.7 Å². The van der Waals surface area contributed by atoms with Gasteiger partial charge in [-0.05, 0) is 12.1 Å². The van der Waals surface area contributed by atoms with Gasteiger partial charge >= 0.3 is 5.97 Å². The Morgan fingerprint density at radius 2 is 2.24 bits per heavy atom. The zero-order chi connectivity index (χ0) is 12.4. The van der Waals surface area contributed by atoms with Crippen molar-refractivity contribution in [1.29, 1.82) is 0 Å². The highest BCUT2D eigenvalue weighted by molar-refractivity contribution is 6.04. The van der Waals surface area contributed by atoms with Crippen molar-refractivity contribution in [3.05, 3.63) is 35.8 Å². The summed E-state index contributed by atoms with van der Waals surface area (Å²) >= 11 is 0. The van der Waals surface area contributed by atoms with E-state index < -0.39 is 5.97 Å². The number of anilines is 1. The molecule has 0 aliphatic rings. The second kappa shape index (κ2) is 4.37. The van der Waals surface area contributed by atoms with Crippen LogP contribution in [0, 0.1) is 5.82 Å². The quantitative estimate of drug-likeness (QED) is 0.809. The van der Waals surface area contributed by atoms with E-state index in [1.807, 2.05) is 0 Å².